The average Bonchev–Trinajstić information content (AvgIpc) is 3.51. The zero-order valence-electron chi connectivity index (χ0n) is 18.3. The number of rotatable bonds is 5. The third-order valence-corrected chi connectivity index (χ3v) is 7.20. The normalized spacial score (nSPS) is 14.6. The minimum absolute atomic E-state index is 0.0181. The van der Waals surface area contributed by atoms with Crippen LogP contribution in [-0.4, -0.2) is 49.2 Å². The molecule has 9 nitrogen and oxygen atoms in total. The Balaban J connectivity index is 1.04. The molecular formula is C24H22N8OS. The van der Waals surface area contributed by atoms with Crippen LogP contribution in [0.15, 0.2) is 60.7 Å². The predicted octanol–water partition coefficient (Wildman–Crippen LogP) is 3.57. The van der Waals surface area contributed by atoms with Crippen LogP contribution in [0.4, 0.5) is 11.5 Å². The number of para-hydroxylation sites is 1. The SMILES string of the molecule is O=C(Nc1ccc(Cc2nc3ccccc3s2)cc1)C1CCN(c2ccc3nnnn3n2)CC1. The number of anilines is 2. The third-order valence-electron chi connectivity index (χ3n) is 6.16. The van der Waals surface area contributed by atoms with Gasteiger partial charge in [-0.25, -0.2) is 4.98 Å². The molecule has 170 valence electrons. The Kier molecular flexibility index (Phi) is 5.34. The van der Waals surface area contributed by atoms with Crippen LogP contribution >= 0.6 is 11.3 Å². The lowest BCUT2D eigenvalue weighted by Crippen LogP contribution is -2.38. The summed E-state index contributed by atoms with van der Waals surface area (Å²) in [5.74, 6) is 0.875. The van der Waals surface area contributed by atoms with E-state index in [2.05, 4.69) is 49.0 Å². The number of tetrazole rings is 1. The van der Waals surface area contributed by atoms with E-state index in [1.54, 1.807) is 11.3 Å². The molecule has 34 heavy (non-hydrogen) atoms. The van der Waals surface area contributed by atoms with E-state index in [0.29, 0.717) is 5.65 Å². The molecule has 0 aliphatic carbocycles. The lowest BCUT2D eigenvalue weighted by molar-refractivity contribution is -0.120. The van der Waals surface area contributed by atoms with Crippen molar-refractivity contribution < 1.29 is 4.79 Å². The molecule has 0 bridgehead atoms. The lowest BCUT2D eigenvalue weighted by Gasteiger charge is -2.31. The molecule has 0 radical (unpaired) electrons. The first-order valence-corrected chi connectivity index (χ1v) is 12.1. The molecule has 0 spiro atoms. The van der Waals surface area contributed by atoms with E-state index in [4.69, 9.17) is 4.98 Å². The molecule has 1 fully saturated rings. The van der Waals surface area contributed by atoms with Gasteiger partial charge in [0.1, 0.15) is 0 Å². The van der Waals surface area contributed by atoms with Crippen molar-refractivity contribution in [3.63, 3.8) is 0 Å². The summed E-state index contributed by atoms with van der Waals surface area (Å²) in [5.41, 5.74) is 3.66. The van der Waals surface area contributed by atoms with Crippen molar-refractivity contribution in [3.05, 3.63) is 71.2 Å². The topological polar surface area (TPSA) is 101 Å². The lowest BCUT2D eigenvalue weighted by atomic mass is 9.95. The van der Waals surface area contributed by atoms with Crippen LogP contribution in [0.2, 0.25) is 0 Å². The summed E-state index contributed by atoms with van der Waals surface area (Å²) in [5, 5.41) is 20.0. The van der Waals surface area contributed by atoms with Gasteiger partial charge >= 0.3 is 0 Å². The monoisotopic (exact) mass is 470 g/mol. The van der Waals surface area contributed by atoms with Crippen molar-refractivity contribution in [1.82, 2.24) is 30.2 Å². The first-order chi connectivity index (χ1) is 16.7. The van der Waals surface area contributed by atoms with Gasteiger partial charge in [-0.3, -0.25) is 4.79 Å². The molecule has 5 aromatic rings. The molecule has 10 heteroatoms. The van der Waals surface area contributed by atoms with Crippen LogP contribution in [0.25, 0.3) is 15.9 Å². The van der Waals surface area contributed by atoms with Gasteiger partial charge < -0.3 is 10.2 Å². The van der Waals surface area contributed by atoms with Gasteiger partial charge in [-0.05, 0) is 65.2 Å². The molecule has 3 aromatic heterocycles. The van der Waals surface area contributed by atoms with Gasteiger partial charge in [-0.1, -0.05) is 24.3 Å². The highest BCUT2D eigenvalue weighted by atomic mass is 32.1. The summed E-state index contributed by atoms with van der Waals surface area (Å²) in [6, 6.07) is 20.0. The summed E-state index contributed by atoms with van der Waals surface area (Å²) in [4.78, 5) is 19.7. The maximum atomic E-state index is 12.8. The second-order valence-electron chi connectivity index (χ2n) is 8.42. The van der Waals surface area contributed by atoms with Gasteiger partial charge in [0.25, 0.3) is 0 Å². The molecule has 2 aromatic carbocycles. The summed E-state index contributed by atoms with van der Waals surface area (Å²) in [6.45, 7) is 1.53. The summed E-state index contributed by atoms with van der Waals surface area (Å²) >= 11 is 1.72. The number of nitrogens with zero attached hydrogens (tertiary/aromatic N) is 7. The van der Waals surface area contributed by atoms with Crippen LogP contribution in [0.5, 0.6) is 0 Å². The molecule has 1 saturated heterocycles. The van der Waals surface area contributed by atoms with Crippen molar-refractivity contribution in [2.24, 2.45) is 5.92 Å². The maximum absolute atomic E-state index is 12.8. The van der Waals surface area contributed by atoms with E-state index in [0.717, 1.165) is 54.4 Å². The quantitative estimate of drug-likeness (QED) is 0.419. The highest BCUT2D eigenvalue weighted by Crippen LogP contribution is 2.25. The van der Waals surface area contributed by atoms with E-state index < -0.39 is 0 Å². The largest absolute Gasteiger partial charge is 0.355 e. The highest BCUT2D eigenvalue weighted by Gasteiger charge is 2.26. The first kappa shape index (κ1) is 20.7. The fourth-order valence-electron chi connectivity index (χ4n) is 4.30. The molecule has 1 aliphatic rings. The number of carbonyl (C=O) groups is 1. The Morgan fingerprint density at radius 2 is 1.85 bits per heavy atom. The highest BCUT2D eigenvalue weighted by molar-refractivity contribution is 7.18. The summed E-state index contributed by atoms with van der Waals surface area (Å²) in [7, 11) is 0. The van der Waals surface area contributed by atoms with E-state index in [9.17, 15) is 4.79 Å². The van der Waals surface area contributed by atoms with Crippen LogP contribution in [0.1, 0.15) is 23.4 Å². The number of nitrogens with one attached hydrogen (secondary N) is 1. The van der Waals surface area contributed by atoms with Crippen LogP contribution in [0.3, 0.4) is 0 Å². The van der Waals surface area contributed by atoms with E-state index in [1.165, 1.54) is 14.9 Å². The Morgan fingerprint density at radius 1 is 1.03 bits per heavy atom. The van der Waals surface area contributed by atoms with Gasteiger partial charge in [-0.15, -0.1) is 26.2 Å². The molecule has 1 aliphatic heterocycles. The van der Waals surface area contributed by atoms with Crippen molar-refractivity contribution in [2.75, 3.05) is 23.3 Å². The minimum atomic E-state index is -0.0181. The smallest absolute Gasteiger partial charge is 0.227 e. The van der Waals surface area contributed by atoms with Gasteiger partial charge in [0.15, 0.2) is 11.5 Å². The Hall–Kier alpha value is -3.92. The molecule has 1 amide bonds. The van der Waals surface area contributed by atoms with E-state index >= 15 is 0 Å². The third kappa shape index (κ3) is 4.19. The number of carbonyl (C=O) groups excluding carboxylic acids is 1. The number of piperidine rings is 1. The van der Waals surface area contributed by atoms with Crippen LogP contribution in [-0.2, 0) is 11.2 Å². The molecular weight excluding hydrogens is 448 g/mol. The number of benzene rings is 2. The minimum Gasteiger partial charge on any atom is -0.355 e. The zero-order chi connectivity index (χ0) is 22.9. The standard InChI is InChI=1S/C24H22N8OS/c33-24(17-11-13-31(14-12-17)22-10-9-21-27-29-30-32(21)28-22)25-18-7-5-16(6-8-18)15-23-26-19-3-1-2-4-20(19)34-23/h1-10,17H,11-15H2,(H,25,33). The second kappa shape index (κ2) is 8.79. The molecule has 0 unspecified atom stereocenters. The summed E-state index contributed by atoms with van der Waals surface area (Å²) < 4.78 is 2.63. The molecule has 0 saturated carbocycles. The summed E-state index contributed by atoms with van der Waals surface area (Å²) in [6.07, 6.45) is 2.34. The van der Waals surface area contributed by atoms with Gasteiger partial charge in [0.05, 0.1) is 15.2 Å². The average molecular weight is 471 g/mol. The molecule has 6 rings (SSSR count). The van der Waals surface area contributed by atoms with Crippen molar-refractivity contribution in [2.45, 2.75) is 19.3 Å². The number of aromatic nitrogens is 6. The molecule has 4 heterocycles. The molecule has 1 N–H and O–H groups in total. The number of fused-ring (bicyclic) bond motifs is 2. The fraction of sp³-hybridized carbons (Fsp3) is 0.250. The predicted molar refractivity (Wildman–Crippen MR) is 131 cm³/mol. The van der Waals surface area contributed by atoms with Crippen LogP contribution in [0, 0.1) is 5.92 Å². The van der Waals surface area contributed by atoms with E-state index in [-0.39, 0.29) is 11.8 Å². The Morgan fingerprint density at radius 3 is 2.68 bits per heavy atom. The second-order valence-corrected chi connectivity index (χ2v) is 9.53. The number of amides is 1. The van der Waals surface area contributed by atoms with Crippen molar-refractivity contribution in [3.8, 4) is 0 Å². The first-order valence-electron chi connectivity index (χ1n) is 11.3. The van der Waals surface area contributed by atoms with Crippen molar-refractivity contribution in [1.29, 1.82) is 0 Å². The van der Waals surface area contributed by atoms with Crippen LogP contribution < -0.4 is 10.2 Å². The molecule has 0 atom stereocenters. The number of hydrogen-bond donors (Lipinski definition) is 1. The van der Waals surface area contributed by atoms with Gasteiger partial charge in [-0.2, -0.15) is 0 Å². The number of hydrogen-bond acceptors (Lipinski definition) is 8. The Bertz CT molecular complexity index is 1420. The van der Waals surface area contributed by atoms with Gasteiger partial charge in [0.2, 0.25) is 5.91 Å². The van der Waals surface area contributed by atoms with Gasteiger partial charge in [0, 0.05) is 31.1 Å². The van der Waals surface area contributed by atoms with Crippen molar-refractivity contribution >= 4 is 44.6 Å². The zero-order valence-corrected chi connectivity index (χ0v) is 19.1. The number of thiazole rings is 1. The maximum Gasteiger partial charge on any atom is 0.227 e. The fourth-order valence-corrected chi connectivity index (χ4v) is 5.30. The van der Waals surface area contributed by atoms with E-state index in [1.807, 2.05) is 42.5 Å². The Labute approximate surface area is 199 Å².